The zero-order chi connectivity index (χ0) is 11.0. The zero-order valence-corrected chi connectivity index (χ0v) is 9.82. The Bertz CT molecular complexity index is 594. The Hall–Kier alpha value is -1.37. The molecule has 3 unspecified atom stereocenters. The maximum Gasteiger partial charge on any atom is 0.0571 e. The minimum atomic E-state index is 0.561. The van der Waals surface area contributed by atoms with Gasteiger partial charge in [-0.15, -0.1) is 0 Å². The van der Waals surface area contributed by atoms with E-state index in [1.807, 2.05) is 0 Å². The molecule has 0 radical (unpaired) electrons. The molecule has 0 amide bonds. The quantitative estimate of drug-likeness (QED) is 0.638. The van der Waals surface area contributed by atoms with Crippen LogP contribution in [-0.2, 0) is 12.8 Å². The van der Waals surface area contributed by atoms with Crippen LogP contribution in [0.15, 0.2) is 23.2 Å². The summed E-state index contributed by atoms with van der Waals surface area (Å²) in [6, 6.07) is 5.45. The van der Waals surface area contributed by atoms with Crippen molar-refractivity contribution < 1.29 is 0 Å². The van der Waals surface area contributed by atoms with Gasteiger partial charge in [-0.3, -0.25) is 4.99 Å². The molecule has 1 aromatic carbocycles. The monoisotopic (exact) mass is 221 g/mol. The molecule has 8 bridgehead atoms. The Morgan fingerprint density at radius 2 is 2.12 bits per heavy atom. The number of aliphatic imine (C=N–C) groups is 1. The van der Waals surface area contributed by atoms with E-state index in [1.165, 1.54) is 42.5 Å². The molecular formula is C16H15N. The summed E-state index contributed by atoms with van der Waals surface area (Å²) in [4.78, 5) is 5.06. The van der Waals surface area contributed by atoms with Crippen molar-refractivity contribution in [3.05, 3.63) is 40.5 Å². The van der Waals surface area contributed by atoms with Crippen LogP contribution in [0, 0.1) is 11.8 Å². The lowest BCUT2D eigenvalue weighted by Crippen LogP contribution is -2.32. The number of fused-ring (bicyclic) bond motifs is 2. The first-order valence-electron chi connectivity index (χ1n) is 6.78. The third kappa shape index (κ3) is 1.03. The summed E-state index contributed by atoms with van der Waals surface area (Å²) in [6.07, 6.45) is 9.82. The highest BCUT2D eigenvalue weighted by Gasteiger charge is 2.36. The van der Waals surface area contributed by atoms with Crippen molar-refractivity contribution in [3.8, 4) is 0 Å². The average molecular weight is 221 g/mol. The SMILES string of the molecule is C1=CC2Cc3cc4cc(c31)C1=NC2CC(C1)C4. The number of nitrogens with zero attached hydrogens (tertiary/aromatic N) is 1. The molecule has 3 heterocycles. The summed E-state index contributed by atoms with van der Waals surface area (Å²) in [5, 5.41) is 0. The fourth-order valence-electron chi connectivity index (χ4n) is 4.25. The zero-order valence-electron chi connectivity index (χ0n) is 9.82. The first kappa shape index (κ1) is 8.68. The van der Waals surface area contributed by atoms with Gasteiger partial charge in [0.05, 0.1) is 6.04 Å². The van der Waals surface area contributed by atoms with Crippen molar-refractivity contribution in [2.24, 2.45) is 16.8 Å². The molecule has 0 saturated carbocycles. The van der Waals surface area contributed by atoms with Crippen LogP contribution < -0.4 is 0 Å². The topological polar surface area (TPSA) is 12.4 Å². The standard InChI is InChI=1S/C16H15N/c1-2-13-12-4-9-3-10-6-15(11(1)8-12)17-16(7-10)14(13)5-9/h1-2,4-5,10-11,15H,3,6-8H2. The summed E-state index contributed by atoms with van der Waals surface area (Å²) in [5.74, 6) is 1.52. The third-order valence-corrected chi connectivity index (χ3v) is 5.00. The fraction of sp³-hybridized carbons (Fsp3) is 0.438. The second kappa shape index (κ2) is 2.72. The molecule has 1 heteroatoms. The molecule has 6 rings (SSSR count). The largest absolute Gasteiger partial charge is 0.285 e. The predicted octanol–water partition coefficient (Wildman–Crippen LogP) is 3.01. The minimum Gasteiger partial charge on any atom is -0.285 e. The first-order valence-corrected chi connectivity index (χ1v) is 6.78. The van der Waals surface area contributed by atoms with Gasteiger partial charge in [0.1, 0.15) is 0 Å². The Balaban J connectivity index is 1.96. The van der Waals surface area contributed by atoms with Gasteiger partial charge in [-0.1, -0.05) is 18.2 Å². The molecule has 3 aliphatic heterocycles. The highest BCUT2D eigenvalue weighted by atomic mass is 14.8. The molecule has 0 spiro atoms. The molecule has 1 nitrogen and oxygen atoms in total. The van der Waals surface area contributed by atoms with E-state index in [0.29, 0.717) is 12.0 Å². The molecule has 17 heavy (non-hydrogen) atoms. The van der Waals surface area contributed by atoms with Gasteiger partial charge >= 0.3 is 0 Å². The Morgan fingerprint density at radius 1 is 1.12 bits per heavy atom. The highest BCUT2D eigenvalue weighted by Crippen LogP contribution is 2.42. The summed E-state index contributed by atoms with van der Waals surface area (Å²) < 4.78 is 0. The molecule has 0 aromatic heterocycles. The van der Waals surface area contributed by atoms with Crippen LogP contribution in [0.5, 0.6) is 0 Å². The van der Waals surface area contributed by atoms with E-state index >= 15 is 0 Å². The molecule has 1 aromatic rings. The lowest BCUT2D eigenvalue weighted by molar-refractivity contribution is 0.367. The van der Waals surface area contributed by atoms with Crippen LogP contribution in [0.4, 0.5) is 0 Å². The molecule has 2 aliphatic carbocycles. The van der Waals surface area contributed by atoms with Gasteiger partial charge in [-0.05, 0) is 54.4 Å². The van der Waals surface area contributed by atoms with Crippen LogP contribution in [0.1, 0.15) is 35.1 Å². The summed E-state index contributed by atoms with van der Waals surface area (Å²) in [6.45, 7) is 0. The predicted molar refractivity (Wildman–Crippen MR) is 69.4 cm³/mol. The van der Waals surface area contributed by atoms with E-state index in [2.05, 4.69) is 24.3 Å². The van der Waals surface area contributed by atoms with Crippen LogP contribution in [-0.4, -0.2) is 11.8 Å². The van der Waals surface area contributed by atoms with E-state index in [0.717, 1.165) is 5.92 Å². The lowest BCUT2D eigenvalue weighted by atomic mass is 9.76. The maximum atomic E-state index is 5.06. The molecular weight excluding hydrogens is 206 g/mol. The minimum absolute atomic E-state index is 0.561. The Morgan fingerprint density at radius 3 is 3.12 bits per heavy atom. The van der Waals surface area contributed by atoms with Crippen molar-refractivity contribution in [3.63, 3.8) is 0 Å². The van der Waals surface area contributed by atoms with Crippen LogP contribution in [0.2, 0.25) is 0 Å². The first-order chi connectivity index (χ1) is 8.37. The Labute approximate surface area is 101 Å². The average Bonchev–Trinajstić information content (AvgIpc) is 2.43. The van der Waals surface area contributed by atoms with Gasteiger partial charge < -0.3 is 0 Å². The van der Waals surface area contributed by atoms with Crippen LogP contribution in [0.3, 0.4) is 0 Å². The lowest BCUT2D eigenvalue weighted by Gasteiger charge is -2.34. The third-order valence-electron chi connectivity index (χ3n) is 5.00. The van der Waals surface area contributed by atoms with Gasteiger partial charge in [0.25, 0.3) is 0 Å². The number of hydrogen-bond donors (Lipinski definition) is 0. The van der Waals surface area contributed by atoms with E-state index in [1.54, 1.807) is 11.1 Å². The molecule has 0 saturated heterocycles. The van der Waals surface area contributed by atoms with E-state index < -0.39 is 0 Å². The van der Waals surface area contributed by atoms with Crippen molar-refractivity contribution >= 4 is 11.8 Å². The number of hydrogen-bond acceptors (Lipinski definition) is 1. The summed E-state index contributed by atoms with van der Waals surface area (Å²) >= 11 is 0. The van der Waals surface area contributed by atoms with Gasteiger partial charge in [-0.2, -0.15) is 0 Å². The van der Waals surface area contributed by atoms with Crippen LogP contribution in [0.25, 0.3) is 6.08 Å². The molecule has 0 N–H and O–H groups in total. The second-order valence-electron chi connectivity index (χ2n) is 6.10. The second-order valence-corrected chi connectivity index (χ2v) is 6.10. The maximum absolute atomic E-state index is 5.06. The van der Waals surface area contributed by atoms with Gasteiger partial charge in [-0.25, -0.2) is 0 Å². The van der Waals surface area contributed by atoms with Gasteiger partial charge in [0.15, 0.2) is 0 Å². The molecule has 5 aliphatic rings. The number of benzene rings is 1. The van der Waals surface area contributed by atoms with Crippen molar-refractivity contribution in [1.82, 2.24) is 0 Å². The van der Waals surface area contributed by atoms with Crippen molar-refractivity contribution in [2.45, 2.75) is 31.7 Å². The van der Waals surface area contributed by atoms with Gasteiger partial charge in [0.2, 0.25) is 0 Å². The Kier molecular flexibility index (Phi) is 1.39. The normalized spacial score (nSPS) is 34.8. The van der Waals surface area contributed by atoms with E-state index in [-0.39, 0.29) is 0 Å². The van der Waals surface area contributed by atoms with E-state index in [4.69, 9.17) is 4.99 Å². The van der Waals surface area contributed by atoms with Crippen molar-refractivity contribution in [1.29, 1.82) is 0 Å². The van der Waals surface area contributed by atoms with Gasteiger partial charge in [0, 0.05) is 17.2 Å². The van der Waals surface area contributed by atoms with Crippen LogP contribution >= 0.6 is 0 Å². The summed E-state index contributed by atoms with van der Waals surface area (Å²) in [5.41, 5.74) is 7.50. The molecule has 3 atom stereocenters. The molecule has 0 fully saturated rings. The smallest absolute Gasteiger partial charge is 0.0571 e. The van der Waals surface area contributed by atoms with E-state index in [9.17, 15) is 0 Å². The molecule has 84 valence electrons. The number of rotatable bonds is 0. The fourth-order valence-corrected chi connectivity index (χ4v) is 4.25. The van der Waals surface area contributed by atoms with Crippen molar-refractivity contribution in [2.75, 3.05) is 0 Å². The highest BCUT2D eigenvalue weighted by molar-refractivity contribution is 6.05. The summed E-state index contributed by atoms with van der Waals surface area (Å²) in [7, 11) is 0.